The molecule has 126 valence electrons. The topological polar surface area (TPSA) is 114 Å². The zero-order valence-electron chi connectivity index (χ0n) is 13.1. The molecule has 2 heterocycles. The fourth-order valence-corrected chi connectivity index (χ4v) is 3.18. The number of nitrogen functional groups attached to an aromatic ring is 1. The first-order valence-electron chi connectivity index (χ1n) is 7.15. The predicted molar refractivity (Wildman–Crippen MR) is 85.7 cm³/mol. The number of anilines is 1. The Morgan fingerprint density at radius 3 is 2.70 bits per heavy atom. The average Bonchev–Trinajstić information content (AvgIpc) is 2.92. The fourth-order valence-electron chi connectivity index (χ4n) is 1.87. The highest BCUT2D eigenvalue weighted by atomic mass is 31.2. The van der Waals surface area contributed by atoms with Crippen molar-refractivity contribution in [1.82, 2.24) is 19.5 Å². The van der Waals surface area contributed by atoms with Crippen molar-refractivity contribution in [1.29, 1.82) is 0 Å². The number of hydrogen-bond acceptors (Lipinski definition) is 8. The van der Waals surface area contributed by atoms with Gasteiger partial charge in [0.2, 0.25) is 0 Å². The molecule has 2 rings (SSSR count). The second kappa shape index (κ2) is 8.16. The molecule has 0 bridgehead atoms. The van der Waals surface area contributed by atoms with Crippen LogP contribution in [-0.4, -0.2) is 39.3 Å². The normalized spacial score (nSPS) is 12.4. The van der Waals surface area contributed by atoms with Crippen LogP contribution in [0.1, 0.15) is 13.8 Å². The lowest BCUT2D eigenvalue weighted by molar-refractivity contribution is 0.102. The van der Waals surface area contributed by atoms with Gasteiger partial charge >= 0.3 is 7.60 Å². The van der Waals surface area contributed by atoms with Gasteiger partial charge in [-0.3, -0.25) is 9.13 Å². The summed E-state index contributed by atoms with van der Waals surface area (Å²) in [5, 5.41) is 0. The van der Waals surface area contributed by atoms with Crippen molar-refractivity contribution < 1.29 is 18.3 Å². The Kier molecular flexibility index (Phi) is 6.23. The molecular formula is C13H20N5O4P. The van der Waals surface area contributed by atoms with Crippen LogP contribution in [0.15, 0.2) is 24.5 Å². The van der Waals surface area contributed by atoms with Crippen molar-refractivity contribution >= 4 is 24.6 Å². The molecular weight excluding hydrogens is 321 g/mol. The smallest absolute Gasteiger partial charge is 0.353 e. The van der Waals surface area contributed by atoms with Crippen LogP contribution in [0, 0.1) is 0 Å². The summed E-state index contributed by atoms with van der Waals surface area (Å²) < 4.78 is 29.6. The van der Waals surface area contributed by atoms with Gasteiger partial charge in [-0.15, -0.1) is 0 Å². The van der Waals surface area contributed by atoms with E-state index < -0.39 is 7.60 Å². The third-order valence-electron chi connectivity index (χ3n) is 2.78. The molecule has 23 heavy (non-hydrogen) atoms. The van der Waals surface area contributed by atoms with E-state index in [1.54, 1.807) is 30.8 Å². The molecule has 2 aromatic rings. The fraction of sp³-hybridized carbons (Fsp3) is 0.462. The number of hydrogen-bond donors (Lipinski definition) is 1. The van der Waals surface area contributed by atoms with Gasteiger partial charge in [0, 0.05) is 5.82 Å². The number of ether oxygens (including phenoxy) is 1. The summed E-state index contributed by atoms with van der Waals surface area (Å²) in [6.45, 7) is 4.60. The molecule has 2 N–H and O–H groups in total. The third kappa shape index (κ3) is 4.59. The van der Waals surface area contributed by atoms with E-state index in [1.165, 1.54) is 12.1 Å². The molecule has 0 amide bonds. The lowest BCUT2D eigenvalue weighted by Crippen LogP contribution is -2.03. The maximum Gasteiger partial charge on any atom is 0.353 e. The lowest BCUT2D eigenvalue weighted by Gasteiger charge is -2.12. The SMILES string of the molecule is CCOP(=O)(/C=C/COCn1cnc2c(N)ncnc21)OCC. The first-order chi connectivity index (χ1) is 11.1. The summed E-state index contributed by atoms with van der Waals surface area (Å²) in [4.78, 5) is 12.1. The van der Waals surface area contributed by atoms with Gasteiger partial charge in [-0.05, 0) is 13.8 Å². The maximum atomic E-state index is 12.2. The number of nitrogens with zero attached hydrogens (tertiary/aromatic N) is 4. The Labute approximate surface area is 134 Å². The number of rotatable bonds is 9. The Morgan fingerprint density at radius 2 is 2.00 bits per heavy atom. The first kappa shape index (κ1) is 17.6. The Hall–Kier alpha value is -1.80. The molecule has 0 aliphatic rings. The predicted octanol–water partition coefficient (Wildman–Crippen LogP) is 2.16. The first-order valence-corrected chi connectivity index (χ1v) is 8.76. The zero-order chi connectivity index (χ0) is 16.7. The van der Waals surface area contributed by atoms with Crippen LogP contribution in [0.25, 0.3) is 11.2 Å². The third-order valence-corrected chi connectivity index (χ3v) is 4.59. The Morgan fingerprint density at radius 1 is 1.26 bits per heavy atom. The summed E-state index contributed by atoms with van der Waals surface area (Å²) in [5.41, 5.74) is 6.84. The molecule has 0 radical (unpaired) electrons. The van der Waals surface area contributed by atoms with Crippen LogP contribution in [0.4, 0.5) is 5.82 Å². The lowest BCUT2D eigenvalue weighted by atomic mass is 10.5. The van der Waals surface area contributed by atoms with Gasteiger partial charge < -0.3 is 19.5 Å². The number of imidazole rings is 1. The number of aromatic nitrogens is 4. The molecule has 0 fully saturated rings. The second-order valence-corrected chi connectivity index (χ2v) is 6.30. The summed E-state index contributed by atoms with van der Waals surface area (Å²) >= 11 is 0. The van der Waals surface area contributed by atoms with Crippen LogP contribution >= 0.6 is 7.60 Å². The highest BCUT2D eigenvalue weighted by Crippen LogP contribution is 2.49. The second-order valence-electron chi connectivity index (χ2n) is 4.41. The molecule has 0 spiro atoms. The minimum Gasteiger partial charge on any atom is -0.382 e. The molecule has 0 saturated carbocycles. The average molecular weight is 341 g/mol. The van der Waals surface area contributed by atoms with Crippen molar-refractivity contribution in [2.75, 3.05) is 25.6 Å². The van der Waals surface area contributed by atoms with Crippen molar-refractivity contribution in [2.24, 2.45) is 0 Å². The molecule has 10 heteroatoms. The summed E-state index contributed by atoms with van der Waals surface area (Å²) in [7, 11) is -3.18. The van der Waals surface area contributed by atoms with Gasteiger partial charge in [-0.2, -0.15) is 0 Å². The largest absolute Gasteiger partial charge is 0.382 e. The Balaban J connectivity index is 1.90. The zero-order valence-corrected chi connectivity index (χ0v) is 14.0. The van der Waals surface area contributed by atoms with Crippen molar-refractivity contribution in [3.63, 3.8) is 0 Å². The van der Waals surface area contributed by atoms with Crippen LogP contribution < -0.4 is 5.73 Å². The Bertz CT molecular complexity index is 707. The van der Waals surface area contributed by atoms with Crippen LogP contribution in [0.5, 0.6) is 0 Å². The monoisotopic (exact) mass is 341 g/mol. The highest BCUT2D eigenvalue weighted by Gasteiger charge is 2.18. The van der Waals surface area contributed by atoms with E-state index in [2.05, 4.69) is 15.0 Å². The van der Waals surface area contributed by atoms with Gasteiger partial charge in [0.25, 0.3) is 0 Å². The van der Waals surface area contributed by atoms with Gasteiger partial charge in [0.15, 0.2) is 11.5 Å². The molecule has 9 nitrogen and oxygen atoms in total. The standard InChI is InChI=1S/C13H20N5O4P/c1-3-21-23(19,22-4-2)7-5-6-20-10-18-9-17-11-12(14)15-8-16-13(11)18/h5,7-9H,3-4,6,10H2,1-2H3,(H2,14,15,16)/b7-5+. The highest BCUT2D eigenvalue weighted by molar-refractivity contribution is 7.57. The van der Waals surface area contributed by atoms with Crippen molar-refractivity contribution in [2.45, 2.75) is 20.6 Å². The summed E-state index contributed by atoms with van der Waals surface area (Å²) in [6.07, 6.45) is 4.55. The molecule has 0 aliphatic carbocycles. The molecule has 0 aliphatic heterocycles. The summed E-state index contributed by atoms with van der Waals surface area (Å²) in [5.74, 6) is 1.73. The van der Waals surface area contributed by atoms with E-state index in [0.717, 1.165) is 0 Å². The van der Waals surface area contributed by atoms with Gasteiger partial charge in [-0.1, -0.05) is 6.08 Å². The van der Waals surface area contributed by atoms with E-state index in [9.17, 15) is 4.57 Å². The van der Waals surface area contributed by atoms with E-state index in [0.29, 0.717) is 30.2 Å². The van der Waals surface area contributed by atoms with Crippen LogP contribution in [0.2, 0.25) is 0 Å². The number of nitrogens with two attached hydrogens (primary N) is 1. The van der Waals surface area contributed by atoms with E-state index in [1.807, 2.05) is 0 Å². The van der Waals surface area contributed by atoms with Crippen LogP contribution in [-0.2, 0) is 25.1 Å². The minimum absolute atomic E-state index is 0.227. The molecule has 0 aromatic carbocycles. The van der Waals surface area contributed by atoms with E-state index in [4.69, 9.17) is 19.5 Å². The minimum atomic E-state index is -3.18. The summed E-state index contributed by atoms with van der Waals surface area (Å²) in [6, 6.07) is 0. The van der Waals surface area contributed by atoms with E-state index in [-0.39, 0.29) is 13.3 Å². The van der Waals surface area contributed by atoms with Crippen LogP contribution in [0.3, 0.4) is 0 Å². The quantitative estimate of drug-likeness (QED) is 0.545. The van der Waals surface area contributed by atoms with Crippen molar-refractivity contribution in [3.8, 4) is 0 Å². The molecule has 0 atom stereocenters. The van der Waals surface area contributed by atoms with E-state index >= 15 is 0 Å². The number of fused-ring (bicyclic) bond motifs is 1. The van der Waals surface area contributed by atoms with Gasteiger partial charge in [-0.25, -0.2) is 15.0 Å². The maximum absolute atomic E-state index is 12.2. The van der Waals surface area contributed by atoms with Crippen molar-refractivity contribution in [3.05, 3.63) is 24.5 Å². The van der Waals surface area contributed by atoms with Gasteiger partial charge in [0.05, 0.1) is 26.1 Å². The molecule has 0 saturated heterocycles. The molecule has 0 unspecified atom stereocenters. The van der Waals surface area contributed by atoms with Gasteiger partial charge in [0.1, 0.15) is 18.6 Å². The molecule has 2 aromatic heterocycles.